The highest BCUT2D eigenvalue weighted by Gasteiger charge is 2.32. The number of anilines is 2. The summed E-state index contributed by atoms with van der Waals surface area (Å²) in [5.74, 6) is 0.462. The molecule has 5 heteroatoms. The summed E-state index contributed by atoms with van der Waals surface area (Å²) in [5.41, 5.74) is 3.33. The molecule has 0 fully saturated rings. The summed E-state index contributed by atoms with van der Waals surface area (Å²) in [6, 6.07) is 13.1. The van der Waals surface area contributed by atoms with Crippen molar-refractivity contribution in [1.82, 2.24) is 0 Å². The zero-order chi connectivity index (χ0) is 18.0. The summed E-state index contributed by atoms with van der Waals surface area (Å²) in [7, 11) is 0. The van der Waals surface area contributed by atoms with Crippen LogP contribution in [0.5, 0.6) is 5.75 Å². The van der Waals surface area contributed by atoms with E-state index >= 15 is 0 Å². The molecule has 130 valence electrons. The Labute approximate surface area is 147 Å². The number of carbonyl (C=O) groups excluding carboxylic acids is 2. The molecule has 2 aromatic rings. The van der Waals surface area contributed by atoms with Crippen LogP contribution in [-0.2, 0) is 15.0 Å². The number of carbonyl (C=O) groups is 2. The van der Waals surface area contributed by atoms with Gasteiger partial charge in [-0.25, -0.2) is 0 Å². The molecule has 0 spiro atoms. The van der Waals surface area contributed by atoms with Crippen molar-refractivity contribution >= 4 is 23.2 Å². The van der Waals surface area contributed by atoms with Crippen LogP contribution >= 0.6 is 0 Å². The second kappa shape index (κ2) is 6.59. The molecular formula is C20H22N2O3. The van der Waals surface area contributed by atoms with Gasteiger partial charge in [0.05, 0.1) is 0 Å². The maximum atomic E-state index is 12.1. The van der Waals surface area contributed by atoms with Gasteiger partial charge in [0.2, 0.25) is 5.91 Å². The topological polar surface area (TPSA) is 67.4 Å². The Bertz CT molecular complexity index is 827. The number of ether oxygens (including phenoxy) is 1. The van der Waals surface area contributed by atoms with Gasteiger partial charge in [0.25, 0.3) is 5.91 Å². The summed E-state index contributed by atoms with van der Waals surface area (Å²) in [5, 5.41) is 5.72. The third kappa shape index (κ3) is 3.99. The molecule has 3 rings (SSSR count). The average molecular weight is 338 g/mol. The van der Waals surface area contributed by atoms with Crippen LogP contribution < -0.4 is 15.4 Å². The fourth-order valence-electron chi connectivity index (χ4n) is 3.03. The number of hydrogen-bond donors (Lipinski definition) is 2. The van der Waals surface area contributed by atoms with E-state index in [-0.39, 0.29) is 23.8 Å². The first-order valence-electron chi connectivity index (χ1n) is 8.27. The fraction of sp³-hybridized carbons (Fsp3) is 0.300. The molecule has 2 aromatic carbocycles. The van der Waals surface area contributed by atoms with Crippen molar-refractivity contribution in [2.24, 2.45) is 0 Å². The number of hydrogen-bond acceptors (Lipinski definition) is 3. The Hall–Kier alpha value is -2.82. The number of amides is 2. The smallest absolute Gasteiger partial charge is 0.262 e. The zero-order valence-electron chi connectivity index (χ0n) is 14.7. The first-order valence-corrected chi connectivity index (χ1v) is 8.27. The Kier molecular flexibility index (Phi) is 4.49. The molecule has 2 N–H and O–H groups in total. The SMILES string of the molecule is Cc1cccc(OCC(=O)Nc2ccc3c(c2)C(C)(C)CC(=O)N3)c1. The Morgan fingerprint density at radius 2 is 2.04 bits per heavy atom. The Morgan fingerprint density at radius 1 is 1.24 bits per heavy atom. The van der Waals surface area contributed by atoms with Crippen LogP contribution in [0.15, 0.2) is 42.5 Å². The second-order valence-corrected chi connectivity index (χ2v) is 7.02. The molecule has 0 aromatic heterocycles. The van der Waals surface area contributed by atoms with Gasteiger partial charge in [0.1, 0.15) is 5.75 Å². The van der Waals surface area contributed by atoms with E-state index in [1.807, 2.05) is 57.2 Å². The van der Waals surface area contributed by atoms with Crippen molar-refractivity contribution in [1.29, 1.82) is 0 Å². The molecular weight excluding hydrogens is 316 g/mol. The number of fused-ring (bicyclic) bond motifs is 1. The van der Waals surface area contributed by atoms with Crippen LogP contribution in [0.4, 0.5) is 11.4 Å². The van der Waals surface area contributed by atoms with Crippen LogP contribution in [-0.4, -0.2) is 18.4 Å². The van der Waals surface area contributed by atoms with Gasteiger partial charge in [0, 0.05) is 23.2 Å². The highest BCUT2D eigenvalue weighted by molar-refractivity contribution is 5.97. The van der Waals surface area contributed by atoms with Gasteiger partial charge in [-0.15, -0.1) is 0 Å². The third-order valence-corrected chi connectivity index (χ3v) is 4.27. The van der Waals surface area contributed by atoms with E-state index in [2.05, 4.69) is 10.6 Å². The van der Waals surface area contributed by atoms with Crippen molar-refractivity contribution in [3.63, 3.8) is 0 Å². The number of benzene rings is 2. The van der Waals surface area contributed by atoms with Crippen LogP contribution in [0.3, 0.4) is 0 Å². The largest absolute Gasteiger partial charge is 0.484 e. The zero-order valence-corrected chi connectivity index (χ0v) is 14.7. The van der Waals surface area contributed by atoms with Crippen LogP contribution in [0.25, 0.3) is 0 Å². The summed E-state index contributed by atoms with van der Waals surface area (Å²) in [6.45, 7) is 5.97. The number of rotatable bonds is 4. The first kappa shape index (κ1) is 17.0. The van der Waals surface area contributed by atoms with Crippen molar-refractivity contribution < 1.29 is 14.3 Å². The van der Waals surface area contributed by atoms with Gasteiger partial charge in [-0.2, -0.15) is 0 Å². The van der Waals surface area contributed by atoms with Gasteiger partial charge in [-0.1, -0.05) is 26.0 Å². The molecule has 0 unspecified atom stereocenters. The number of nitrogens with one attached hydrogen (secondary N) is 2. The van der Waals surface area contributed by atoms with Crippen molar-refractivity contribution in [3.05, 3.63) is 53.6 Å². The molecule has 0 bridgehead atoms. The van der Waals surface area contributed by atoms with Gasteiger partial charge < -0.3 is 15.4 Å². The lowest BCUT2D eigenvalue weighted by Crippen LogP contribution is -2.32. The van der Waals surface area contributed by atoms with Crippen LogP contribution in [0, 0.1) is 6.92 Å². The minimum atomic E-state index is -0.267. The molecule has 0 aliphatic carbocycles. The van der Waals surface area contributed by atoms with E-state index in [0.29, 0.717) is 17.9 Å². The molecule has 0 saturated heterocycles. The Balaban J connectivity index is 1.67. The predicted octanol–water partition coefficient (Wildman–Crippen LogP) is 3.63. The highest BCUT2D eigenvalue weighted by atomic mass is 16.5. The molecule has 1 aliphatic rings. The standard InChI is InChI=1S/C20H22N2O3/c1-13-5-4-6-15(9-13)25-12-19(24)21-14-7-8-17-16(10-14)20(2,3)11-18(23)22-17/h4-10H,11-12H2,1-3H3,(H,21,24)(H,22,23). The predicted molar refractivity (Wildman–Crippen MR) is 98.0 cm³/mol. The second-order valence-electron chi connectivity index (χ2n) is 7.02. The van der Waals surface area contributed by atoms with Gasteiger partial charge in [-0.05, 0) is 48.4 Å². The monoisotopic (exact) mass is 338 g/mol. The van der Waals surface area contributed by atoms with E-state index in [1.165, 1.54) is 0 Å². The highest BCUT2D eigenvalue weighted by Crippen LogP contribution is 2.38. The van der Waals surface area contributed by atoms with E-state index < -0.39 is 0 Å². The maximum absolute atomic E-state index is 12.1. The molecule has 25 heavy (non-hydrogen) atoms. The van der Waals surface area contributed by atoms with Gasteiger partial charge >= 0.3 is 0 Å². The van der Waals surface area contributed by atoms with E-state index in [1.54, 1.807) is 6.07 Å². The normalized spacial score (nSPS) is 15.1. The molecule has 1 heterocycles. The molecule has 2 amide bonds. The van der Waals surface area contributed by atoms with E-state index in [9.17, 15) is 9.59 Å². The summed E-state index contributed by atoms with van der Waals surface area (Å²) >= 11 is 0. The van der Waals surface area contributed by atoms with Crippen molar-refractivity contribution in [3.8, 4) is 5.75 Å². The van der Waals surface area contributed by atoms with Crippen molar-refractivity contribution in [2.75, 3.05) is 17.2 Å². The lowest BCUT2D eigenvalue weighted by Gasteiger charge is -2.32. The minimum Gasteiger partial charge on any atom is -0.484 e. The summed E-state index contributed by atoms with van der Waals surface area (Å²) in [6.07, 6.45) is 0.424. The van der Waals surface area contributed by atoms with Crippen LogP contribution in [0.2, 0.25) is 0 Å². The maximum Gasteiger partial charge on any atom is 0.262 e. The third-order valence-electron chi connectivity index (χ3n) is 4.27. The summed E-state index contributed by atoms with van der Waals surface area (Å²) in [4.78, 5) is 23.9. The lowest BCUT2D eigenvalue weighted by atomic mass is 9.78. The van der Waals surface area contributed by atoms with E-state index in [0.717, 1.165) is 16.8 Å². The average Bonchev–Trinajstić information content (AvgIpc) is 2.53. The molecule has 0 atom stereocenters. The molecule has 0 saturated carbocycles. The first-order chi connectivity index (χ1) is 11.8. The Morgan fingerprint density at radius 3 is 2.80 bits per heavy atom. The van der Waals surface area contributed by atoms with Crippen LogP contribution in [0.1, 0.15) is 31.4 Å². The summed E-state index contributed by atoms with van der Waals surface area (Å²) < 4.78 is 5.52. The molecule has 5 nitrogen and oxygen atoms in total. The fourth-order valence-corrected chi connectivity index (χ4v) is 3.03. The quantitative estimate of drug-likeness (QED) is 0.894. The minimum absolute atomic E-state index is 0.0147. The molecule has 0 radical (unpaired) electrons. The van der Waals surface area contributed by atoms with E-state index in [4.69, 9.17) is 4.74 Å². The molecule has 1 aliphatic heterocycles. The lowest BCUT2D eigenvalue weighted by molar-refractivity contribution is -0.118. The van der Waals surface area contributed by atoms with Crippen molar-refractivity contribution in [2.45, 2.75) is 32.6 Å². The number of aryl methyl sites for hydroxylation is 1. The van der Waals surface area contributed by atoms with Gasteiger partial charge in [0.15, 0.2) is 6.61 Å². The van der Waals surface area contributed by atoms with Gasteiger partial charge in [-0.3, -0.25) is 9.59 Å².